The van der Waals surface area contributed by atoms with Gasteiger partial charge in [-0.1, -0.05) is 18.2 Å². The number of hydrogen-bond donors (Lipinski definition) is 3. The molecule has 0 unspecified atom stereocenters. The Kier molecular flexibility index (Phi) is 7.73. The lowest BCUT2D eigenvalue weighted by molar-refractivity contribution is -0.161. The molecule has 0 spiro atoms. The second-order valence-corrected chi connectivity index (χ2v) is 9.54. The summed E-state index contributed by atoms with van der Waals surface area (Å²) in [5, 5.41) is 19.5. The quantitative estimate of drug-likeness (QED) is 0.450. The van der Waals surface area contributed by atoms with E-state index in [-0.39, 0.29) is 4.90 Å². The summed E-state index contributed by atoms with van der Waals surface area (Å²) in [5.74, 6) is -1.17. The number of aliphatic hydroxyl groups excluding tert-OH is 2. The highest BCUT2D eigenvalue weighted by atomic mass is 32.2. The molecule has 1 aliphatic rings. The number of para-hydroxylation sites is 1. The van der Waals surface area contributed by atoms with E-state index in [4.69, 9.17) is 18.9 Å². The highest BCUT2D eigenvalue weighted by Crippen LogP contribution is 2.33. The van der Waals surface area contributed by atoms with Gasteiger partial charge in [-0.3, -0.25) is 4.79 Å². The van der Waals surface area contributed by atoms with E-state index in [9.17, 15) is 23.4 Å². The first kappa shape index (κ1) is 25.1. The van der Waals surface area contributed by atoms with Gasteiger partial charge in [-0.2, -0.15) is 4.72 Å². The standard InChI is InChI=1S/C22H27NO9S/c1-22(2)31-19(17(25)13-24)20(32-22)18(21(26)29-3)23-33(27,28)16-11-9-15(10-12-16)30-14-7-5-4-6-8-14/h4-12,17-20,23-25H,13H2,1-3H3/t17-,18-,19-,20-/m1/s1. The van der Waals surface area contributed by atoms with Crippen molar-refractivity contribution in [3.05, 3.63) is 54.6 Å². The van der Waals surface area contributed by atoms with Crippen LogP contribution < -0.4 is 9.46 Å². The number of nitrogens with one attached hydrogen (secondary N) is 1. The zero-order valence-corrected chi connectivity index (χ0v) is 19.2. The largest absolute Gasteiger partial charge is 0.468 e. The Morgan fingerprint density at radius 1 is 1.06 bits per heavy atom. The summed E-state index contributed by atoms with van der Waals surface area (Å²) in [6.07, 6.45) is -3.86. The molecule has 1 aliphatic heterocycles. The third-order valence-electron chi connectivity index (χ3n) is 4.91. The maximum atomic E-state index is 13.0. The molecule has 1 fully saturated rings. The summed E-state index contributed by atoms with van der Waals surface area (Å²) in [6.45, 7) is 2.40. The van der Waals surface area contributed by atoms with Gasteiger partial charge in [-0.15, -0.1) is 0 Å². The van der Waals surface area contributed by atoms with Gasteiger partial charge in [0.05, 0.1) is 18.6 Å². The Hall–Kier alpha value is -2.54. The van der Waals surface area contributed by atoms with Crippen molar-refractivity contribution in [2.24, 2.45) is 0 Å². The third kappa shape index (κ3) is 6.08. The Balaban J connectivity index is 1.83. The number of aliphatic hydroxyl groups is 2. The summed E-state index contributed by atoms with van der Waals surface area (Å²) in [6, 6.07) is 13.0. The van der Waals surface area contributed by atoms with Gasteiger partial charge < -0.3 is 29.2 Å². The van der Waals surface area contributed by atoms with Gasteiger partial charge in [0.15, 0.2) is 5.79 Å². The van der Waals surface area contributed by atoms with Crippen molar-refractivity contribution in [2.75, 3.05) is 13.7 Å². The molecule has 0 radical (unpaired) electrons. The molecule has 2 aromatic carbocycles. The zero-order chi connectivity index (χ0) is 24.2. The molecule has 3 N–H and O–H groups in total. The van der Waals surface area contributed by atoms with Crippen molar-refractivity contribution in [3.8, 4) is 11.5 Å². The molecule has 0 bridgehead atoms. The smallest absolute Gasteiger partial charge is 0.326 e. The van der Waals surface area contributed by atoms with Crippen LogP contribution in [-0.2, 0) is 29.0 Å². The maximum Gasteiger partial charge on any atom is 0.326 e. The van der Waals surface area contributed by atoms with E-state index in [2.05, 4.69) is 4.72 Å². The fraction of sp³-hybridized carbons (Fsp3) is 0.409. The third-order valence-corrected chi connectivity index (χ3v) is 6.37. The summed E-state index contributed by atoms with van der Waals surface area (Å²) in [7, 11) is -3.13. The highest BCUT2D eigenvalue weighted by molar-refractivity contribution is 7.89. The van der Waals surface area contributed by atoms with Crippen LogP contribution in [0.5, 0.6) is 11.5 Å². The minimum atomic E-state index is -4.22. The van der Waals surface area contributed by atoms with Crippen LogP contribution in [0.25, 0.3) is 0 Å². The van der Waals surface area contributed by atoms with E-state index in [1.165, 1.54) is 24.3 Å². The Morgan fingerprint density at radius 3 is 2.21 bits per heavy atom. The molecule has 0 amide bonds. The van der Waals surface area contributed by atoms with Crippen LogP contribution in [-0.4, -0.2) is 68.5 Å². The van der Waals surface area contributed by atoms with Gasteiger partial charge in [0, 0.05) is 0 Å². The SMILES string of the molecule is COC(=O)[C@H](NS(=O)(=O)c1ccc(Oc2ccccc2)cc1)[C@H]1OC(C)(C)O[C@@H]1[C@H](O)CO. The molecular formula is C22H27NO9S. The summed E-state index contributed by atoms with van der Waals surface area (Å²) >= 11 is 0. The normalized spacial score (nSPS) is 21.8. The average molecular weight is 482 g/mol. The van der Waals surface area contributed by atoms with Crippen molar-refractivity contribution < 1.29 is 42.4 Å². The minimum Gasteiger partial charge on any atom is -0.468 e. The average Bonchev–Trinajstić information content (AvgIpc) is 3.12. The van der Waals surface area contributed by atoms with Gasteiger partial charge in [-0.25, -0.2) is 8.42 Å². The lowest BCUT2D eigenvalue weighted by Gasteiger charge is -2.27. The topological polar surface area (TPSA) is 141 Å². The molecule has 33 heavy (non-hydrogen) atoms. The first-order valence-electron chi connectivity index (χ1n) is 10.1. The van der Waals surface area contributed by atoms with Crippen molar-refractivity contribution in [1.29, 1.82) is 0 Å². The molecule has 180 valence electrons. The van der Waals surface area contributed by atoms with E-state index in [1.807, 2.05) is 18.2 Å². The first-order valence-corrected chi connectivity index (χ1v) is 11.6. The fourth-order valence-electron chi connectivity index (χ4n) is 3.40. The second kappa shape index (κ2) is 10.2. The number of carbonyl (C=O) groups excluding carboxylic acids is 1. The minimum absolute atomic E-state index is 0.130. The van der Waals surface area contributed by atoms with Gasteiger partial charge in [0.25, 0.3) is 0 Å². The zero-order valence-electron chi connectivity index (χ0n) is 18.4. The molecule has 10 nitrogen and oxygen atoms in total. The number of esters is 1. The van der Waals surface area contributed by atoms with Crippen LogP contribution in [0.1, 0.15) is 13.8 Å². The summed E-state index contributed by atoms with van der Waals surface area (Å²) in [4.78, 5) is 12.4. The second-order valence-electron chi connectivity index (χ2n) is 7.82. The number of rotatable bonds is 9. The molecule has 0 aliphatic carbocycles. The summed E-state index contributed by atoms with van der Waals surface area (Å²) in [5.41, 5.74) is 0. The van der Waals surface area contributed by atoms with Gasteiger partial charge in [0.2, 0.25) is 10.0 Å². The van der Waals surface area contributed by atoms with Crippen LogP contribution in [0.4, 0.5) is 0 Å². The van der Waals surface area contributed by atoms with Crippen LogP contribution in [0.15, 0.2) is 59.5 Å². The van der Waals surface area contributed by atoms with Crippen molar-refractivity contribution in [2.45, 2.75) is 48.9 Å². The lowest BCUT2D eigenvalue weighted by atomic mass is 10.0. The molecular weight excluding hydrogens is 454 g/mol. The Morgan fingerprint density at radius 2 is 1.64 bits per heavy atom. The number of hydrogen-bond acceptors (Lipinski definition) is 9. The van der Waals surface area contributed by atoms with E-state index in [0.717, 1.165) is 7.11 Å². The van der Waals surface area contributed by atoms with Crippen molar-refractivity contribution in [3.63, 3.8) is 0 Å². The predicted octanol–water partition coefficient (Wildman–Crippen LogP) is 1.17. The van der Waals surface area contributed by atoms with Crippen LogP contribution in [0.3, 0.4) is 0 Å². The lowest BCUT2D eigenvalue weighted by Crippen LogP contribution is -2.55. The number of benzene rings is 2. The number of sulfonamides is 1. The van der Waals surface area contributed by atoms with E-state index in [1.54, 1.807) is 26.0 Å². The molecule has 2 aromatic rings. The Bertz CT molecular complexity index is 1040. The predicted molar refractivity (Wildman–Crippen MR) is 116 cm³/mol. The van der Waals surface area contributed by atoms with Crippen LogP contribution in [0.2, 0.25) is 0 Å². The van der Waals surface area contributed by atoms with Gasteiger partial charge in [-0.05, 0) is 50.2 Å². The first-order chi connectivity index (χ1) is 15.6. The molecule has 3 rings (SSSR count). The van der Waals surface area contributed by atoms with Crippen LogP contribution in [0, 0.1) is 0 Å². The molecule has 1 saturated heterocycles. The van der Waals surface area contributed by atoms with Gasteiger partial charge >= 0.3 is 5.97 Å². The van der Waals surface area contributed by atoms with E-state index in [0.29, 0.717) is 11.5 Å². The molecule has 1 heterocycles. The number of ether oxygens (including phenoxy) is 4. The van der Waals surface area contributed by atoms with Crippen LogP contribution >= 0.6 is 0 Å². The van der Waals surface area contributed by atoms with Crippen molar-refractivity contribution >= 4 is 16.0 Å². The van der Waals surface area contributed by atoms with Gasteiger partial charge in [0.1, 0.15) is 35.9 Å². The maximum absolute atomic E-state index is 13.0. The van der Waals surface area contributed by atoms with E-state index >= 15 is 0 Å². The monoisotopic (exact) mass is 481 g/mol. The molecule has 4 atom stereocenters. The number of carbonyl (C=O) groups is 1. The summed E-state index contributed by atoms with van der Waals surface area (Å²) < 4.78 is 50.0. The Labute approximate surface area is 192 Å². The molecule has 0 saturated carbocycles. The molecule has 11 heteroatoms. The number of methoxy groups -OCH3 is 1. The van der Waals surface area contributed by atoms with E-state index < -0.39 is 52.7 Å². The fourth-order valence-corrected chi connectivity index (χ4v) is 4.59. The highest BCUT2D eigenvalue weighted by Gasteiger charge is 2.51. The molecule has 0 aromatic heterocycles. The van der Waals surface area contributed by atoms with Crippen molar-refractivity contribution in [1.82, 2.24) is 4.72 Å².